The van der Waals surface area contributed by atoms with Gasteiger partial charge in [0.15, 0.2) is 9.37 Å². The lowest BCUT2D eigenvalue weighted by atomic mass is 10.2. The number of thiazole rings is 1. The number of hydrogen-bond acceptors (Lipinski definition) is 8. The number of aliphatic carboxylic acids is 2. The first-order valence-electron chi connectivity index (χ1n) is 16.1. The summed E-state index contributed by atoms with van der Waals surface area (Å²) in [7, 11) is -5.75. The van der Waals surface area contributed by atoms with Gasteiger partial charge in [0.1, 0.15) is 40.4 Å². The molecule has 0 aliphatic heterocycles. The van der Waals surface area contributed by atoms with Crippen LogP contribution in [0.2, 0.25) is 0 Å². The van der Waals surface area contributed by atoms with Gasteiger partial charge in [0.2, 0.25) is 9.84 Å². The first-order valence-corrected chi connectivity index (χ1v) is 19.6. The summed E-state index contributed by atoms with van der Waals surface area (Å²) < 4.78 is 71.9. The second kappa shape index (κ2) is 14.2. The fraction of sp³-hybridized carbons (Fsp3) is 0.105. The largest absolute Gasteiger partial charge is 0.480 e. The van der Waals surface area contributed by atoms with Gasteiger partial charge in [0.05, 0.1) is 31.7 Å². The number of fused-ring (bicyclic) bond motifs is 4. The Labute approximate surface area is 312 Å². The van der Waals surface area contributed by atoms with E-state index in [1.165, 1.54) is 63.8 Å². The van der Waals surface area contributed by atoms with Crippen LogP contribution in [0, 0.1) is 25.5 Å². The fourth-order valence-electron chi connectivity index (χ4n) is 6.42. The maximum Gasteiger partial charge on any atom is 0.323 e. The number of pyridine rings is 1. The quantitative estimate of drug-likeness (QED) is 0.159. The van der Waals surface area contributed by atoms with Crippen molar-refractivity contribution in [2.75, 3.05) is 0 Å². The highest BCUT2D eigenvalue weighted by molar-refractivity contribution is 7.91. The van der Waals surface area contributed by atoms with Crippen molar-refractivity contribution in [3.8, 4) is 0 Å². The summed E-state index contributed by atoms with van der Waals surface area (Å²) in [6.45, 7) is 2.48. The average Bonchev–Trinajstić information content (AvgIpc) is 3.77. The van der Waals surface area contributed by atoms with Gasteiger partial charge < -0.3 is 19.3 Å². The van der Waals surface area contributed by atoms with Crippen LogP contribution in [-0.2, 0) is 43.3 Å². The molecule has 2 N–H and O–H groups in total. The minimum Gasteiger partial charge on any atom is -0.480 e. The molecule has 4 heterocycles. The molecule has 0 aliphatic carbocycles. The van der Waals surface area contributed by atoms with E-state index < -0.39 is 50.8 Å². The van der Waals surface area contributed by atoms with Gasteiger partial charge in [0, 0.05) is 27.5 Å². The van der Waals surface area contributed by atoms with Gasteiger partial charge in [-0.25, -0.2) is 31.4 Å². The second-order valence-electron chi connectivity index (χ2n) is 12.2. The zero-order valence-electron chi connectivity index (χ0n) is 28.4. The highest BCUT2D eigenvalue weighted by atomic mass is 32.2. The molecule has 0 spiro atoms. The van der Waals surface area contributed by atoms with Gasteiger partial charge >= 0.3 is 11.9 Å². The van der Waals surface area contributed by atoms with Crippen LogP contribution >= 0.6 is 11.3 Å². The van der Waals surface area contributed by atoms with Crippen LogP contribution < -0.4 is 0 Å². The first kappa shape index (κ1) is 36.5. The molecule has 8 aromatic rings. The van der Waals surface area contributed by atoms with Gasteiger partial charge in [-0.1, -0.05) is 30.3 Å². The van der Waals surface area contributed by atoms with Gasteiger partial charge in [-0.3, -0.25) is 9.59 Å². The molecular weight excluding hydrogens is 759 g/mol. The van der Waals surface area contributed by atoms with Crippen molar-refractivity contribution in [3.05, 3.63) is 120 Å². The number of halogens is 2. The lowest BCUT2D eigenvalue weighted by Crippen LogP contribution is -2.11. The van der Waals surface area contributed by atoms with Crippen molar-refractivity contribution in [3.63, 3.8) is 0 Å². The van der Waals surface area contributed by atoms with Crippen LogP contribution in [0.25, 0.3) is 42.9 Å². The Hall–Kier alpha value is -5.84. The third kappa shape index (κ3) is 6.63. The smallest absolute Gasteiger partial charge is 0.323 e. The topological polar surface area (TPSA) is 161 Å². The van der Waals surface area contributed by atoms with Crippen molar-refractivity contribution >= 4 is 86.8 Å². The minimum atomic E-state index is -4.11. The number of hydrogen-bond donors (Lipinski definition) is 2. The molecule has 0 radical (unpaired) electrons. The van der Waals surface area contributed by atoms with Crippen molar-refractivity contribution in [2.45, 2.75) is 46.1 Å². The van der Waals surface area contributed by atoms with Crippen molar-refractivity contribution < 1.29 is 41.2 Å². The third-order valence-electron chi connectivity index (χ3n) is 8.78. The second-order valence-corrected chi connectivity index (χ2v) is 16.6. The van der Waals surface area contributed by atoms with Crippen LogP contribution in [-0.4, -0.2) is 53.9 Å². The highest BCUT2D eigenvalue weighted by Crippen LogP contribution is 2.36. The Bertz CT molecular complexity index is 2920. The average molecular weight is 787 g/mol. The number of benzene rings is 4. The monoisotopic (exact) mass is 786 g/mol. The van der Waals surface area contributed by atoms with Crippen LogP contribution in [0.1, 0.15) is 11.4 Å². The molecule has 274 valence electrons. The van der Waals surface area contributed by atoms with Crippen molar-refractivity contribution in [1.82, 2.24) is 19.1 Å². The fourth-order valence-corrected chi connectivity index (χ4v) is 10.7. The van der Waals surface area contributed by atoms with Gasteiger partial charge in [-0.2, -0.15) is 0 Å². The van der Waals surface area contributed by atoms with E-state index in [1.807, 2.05) is 36.4 Å². The normalized spacial score (nSPS) is 12.3. The zero-order chi connectivity index (χ0) is 38.5. The zero-order valence-corrected chi connectivity index (χ0v) is 30.8. The summed E-state index contributed by atoms with van der Waals surface area (Å²) in [4.78, 5) is 31.4. The van der Waals surface area contributed by atoms with E-state index in [2.05, 4.69) is 9.97 Å². The Morgan fingerprint density at radius 1 is 0.741 bits per heavy atom. The predicted molar refractivity (Wildman–Crippen MR) is 200 cm³/mol. The molecule has 16 heteroatoms. The molecule has 8 rings (SSSR count). The predicted octanol–water partition coefficient (Wildman–Crippen LogP) is 7.50. The molecule has 0 aliphatic rings. The summed E-state index contributed by atoms with van der Waals surface area (Å²) in [5.41, 5.74) is 2.89. The number of carbonyl (C=O) groups is 2. The Morgan fingerprint density at radius 3 is 1.96 bits per heavy atom. The molecule has 0 fully saturated rings. The molecule has 54 heavy (non-hydrogen) atoms. The molecule has 0 bridgehead atoms. The Morgan fingerprint density at radius 2 is 1.31 bits per heavy atom. The molecular formula is C38H28F2N4O7S3. The molecule has 1 unspecified atom stereocenters. The molecule has 4 aromatic heterocycles. The van der Waals surface area contributed by atoms with E-state index in [0.717, 1.165) is 21.7 Å². The van der Waals surface area contributed by atoms with Gasteiger partial charge in [-0.15, -0.1) is 11.3 Å². The van der Waals surface area contributed by atoms with Gasteiger partial charge in [0.25, 0.3) is 0 Å². The summed E-state index contributed by atoms with van der Waals surface area (Å²) in [6, 6.07) is 25.4. The number of carboxylic acids is 2. The molecule has 11 nitrogen and oxygen atoms in total. The Kier molecular flexibility index (Phi) is 9.59. The molecule has 0 saturated heterocycles. The first-order chi connectivity index (χ1) is 25.7. The maximum atomic E-state index is 13.9. The number of rotatable bonds is 8. The molecule has 0 amide bonds. The number of carboxylic acid groups (broad SMARTS) is 2. The summed E-state index contributed by atoms with van der Waals surface area (Å²) in [5.74, 6) is -3.22. The lowest BCUT2D eigenvalue weighted by Gasteiger charge is -2.07. The number of sulfone groups is 1. The maximum absolute atomic E-state index is 13.9. The van der Waals surface area contributed by atoms with E-state index in [-0.39, 0.29) is 27.5 Å². The van der Waals surface area contributed by atoms with E-state index in [1.54, 1.807) is 25.1 Å². The number of aromatic nitrogens is 4. The van der Waals surface area contributed by atoms with Crippen molar-refractivity contribution in [2.24, 2.45) is 0 Å². The van der Waals surface area contributed by atoms with Gasteiger partial charge in [-0.05, 0) is 80.6 Å². The molecule has 0 saturated carbocycles. The minimum absolute atomic E-state index is 0.133. The number of nitrogens with zero attached hydrogens (tertiary/aromatic N) is 4. The van der Waals surface area contributed by atoms with E-state index in [9.17, 15) is 41.2 Å². The summed E-state index contributed by atoms with van der Waals surface area (Å²) >= 11 is 1.31. The van der Waals surface area contributed by atoms with Crippen LogP contribution in [0.4, 0.5) is 8.78 Å². The van der Waals surface area contributed by atoms with Crippen LogP contribution in [0.15, 0.2) is 116 Å². The van der Waals surface area contributed by atoms with E-state index >= 15 is 0 Å². The summed E-state index contributed by atoms with van der Waals surface area (Å²) in [6.07, 6.45) is 0. The standard InChI is InChI=1S/C20H15FN2O4S.C18H13FN2O3S2/c1-12-20(15-10-14(21)7-8-17(15)23(12)11-19(24)25)28(26,27)18-9-6-13-4-2-3-5-16(13)22-18;1-10-17(26(24)18-20-13-4-2-3-5-15(13)25-18)12-8-11(19)6-7-14(12)21(10)9-16(22)23/h2-10H,11H2,1H3,(H,24,25);2-8H,9H2,1H3,(H,22,23). The molecule has 4 aromatic carbocycles. The highest BCUT2D eigenvalue weighted by Gasteiger charge is 2.29. The van der Waals surface area contributed by atoms with Crippen molar-refractivity contribution in [1.29, 1.82) is 0 Å². The van der Waals surface area contributed by atoms with E-state index in [4.69, 9.17) is 0 Å². The van der Waals surface area contributed by atoms with Crippen LogP contribution in [0.3, 0.4) is 0 Å². The third-order valence-corrected chi connectivity index (χ3v) is 13.4. The van der Waals surface area contributed by atoms with E-state index in [0.29, 0.717) is 36.9 Å². The lowest BCUT2D eigenvalue weighted by molar-refractivity contribution is -0.138. The number of para-hydroxylation sites is 2. The molecule has 1 atom stereocenters. The Balaban J connectivity index is 0.000000167. The van der Waals surface area contributed by atoms with Crippen LogP contribution in [0.5, 0.6) is 0 Å². The summed E-state index contributed by atoms with van der Waals surface area (Å²) in [5, 5.41) is 19.6. The SMILES string of the molecule is Cc1c(S(=O)(=O)c2ccc3ccccc3n2)c2cc(F)ccc2n1CC(=O)O.Cc1c(S(=O)c2nc3ccccc3s2)c2cc(F)ccc2n1CC(=O)O.